The number of amides is 1. The van der Waals surface area contributed by atoms with E-state index in [2.05, 4.69) is 4.98 Å². The van der Waals surface area contributed by atoms with E-state index in [1.807, 2.05) is 13.0 Å². The highest BCUT2D eigenvalue weighted by Gasteiger charge is 2.36. The summed E-state index contributed by atoms with van der Waals surface area (Å²) < 4.78 is 0. The van der Waals surface area contributed by atoms with E-state index < -0.39 is 0 Å². The first kappa shape index (κ1) is 10.7. The fourth-order valence-corrected chi connectivity index (χ4v) is 1.67. The quantitative estimate of drug-likeness (QED) is 0.785. The molecule has 1 aliphatic rings. The summed E-state index contributed by atoms with van der Waals surface area (Å²) in [7, 11) is 0. The van der Waals surface area contributed by atoms with Crippen LogP contribution in [-0.2, 0) is 4.79 Å². The lowest BCUT2D eigenvalue weighted by Crippen LogP contribution is -2.28. The molecule has 4 nitrogen and oxygen atoms in total. The average Bonchev–Trinajstić information content (AvgIpc) is 2.46. The number of aliphatic hydroxyl groups is 1. The van der Waals surface area contributed by atoms with Gasteiger partial charge in [-0.2, -0.15) is 0 Å². The molecule has 84 valence electrons. The van der Waals surface area contributed by atoms with Gasteiger partial charge in [-0.3, -0.25) is 4.79 Å². The van der Waals surface area contributed by atoms with Gasteiger partial charge < -0.3 is 5.11 Å². The highest BCUT2D eigenvalue weighted by Crippen LogP contribution is 2.30. The summed E-state index contributed by atoms with van der Waals surface area (Å²) in [5.41, 5.74) is 1.70. The molecule has 0 spiro atoms. The number of anilines is 1. The number of hydrogen-bond donors (Lipinski definition) is 1. The van der Waals surface area contributed by atoms with E-state index in [9.17, 15) is 9.90 Å². The van der Waals surface area contributed by atoms with Crippen LogP contribution in [0.5, 0.6) is 0 Å². The molecule has 1 aliphatic heterocycles. The number of carbonyl (C=O) groups is 1. The first-order valence-electron chi connectivity index (χ1n) is 5.18. The normalized spacial score (nSPS) is 20.8. The van der Waals surface area contributed by atoms with Crippen molar-refractivity contribution in [2.24, 2.45) is 5.92 Å². The van der Waals surface area contributed by atoms with Crippen molar-refractivity contribution >= 4 is 11.7 Å². The number of rotatable bonds is 1. The van der Waals surface area contributed by atoms with Gasteiger partial charge in [-0.1, -0.05) is 6.07 Å². The molecule has 0 saturated heterocycles. The second kappa shape index (κ2) is 3.63. The molecule has 0 bridgehead atoms. The zero-order chi connectivity index (χ0) is 11.9. The molecule has 1 aromatic heterocycles. The Balaban J connectivity index is 2.42. The van der Waals surface area contributed by atoms with Crippen LogP contribution in [0.3, 0.4) is 0 Å². The lowest BCUT2D eigenvalue weighted by atomic mass is 10.1. The molecule has 1 N–H and O–H groups in total. The van der Waals surface area contributed by atoms with Crippen molar-refractivity contribution in [3.8, 4) is 0 Å². The largest absolute Gasteiger partial charge is 0.494 e. The second-order valence-corrected chi connectivity index (χ2v) is 4.10. The van der Waals surface area contributed by atoms with Crippen molar-refractivity contribution in [2.75, 3.05) is 4.90 Å². The topological polar surface area (TPSA) is 53.4 Å². The van der Waals surface area contributed by atoms with E-state index in [0.29, 0.717) is 11.4 Å². The van der Waals surface area contributed by atoms with E-state index in [4.69, 9.17) is 0 Å². The van der Waals surface area contributed by atoms with Crippen LogP contribution in [0.2, 0.25) is 0 Å². The lowest BCUT2D eigenvalue weighted by molar-refractivity contribution is -0.119. The van der Waals surface area contributed by atoms with Gasteiger partial charge >= 0.3 is 0 Å². The molecule has 2 rings (SSSR count). The Bertz CT molecular complexity index is 462. The Kier molecular flexibility index (Phi) is 2.42. The van der Waals surface area contributed by atoms with Crippen molar-refractivity contribution < 1.29 is 9.90 Å². The van der Waals surface area contributed by atoms with Crippen LogP contribution in [0.25, 0.3) is 0 Å². The van der Waals surface area contributed by atoms with Gasteiger partial charge in [0.1, 0.15) is 5.82 Å². The molecule has 2 heterocycles. The molecule has 1 atom stereocenters. The van der Waals surface area contributed by atoms with Gasteiger partial charge in [-0.25, -0.2) is 9.88 Å². The second-order valence-electron chi connectivity index (χ2n) is 4.10. The fourth-order valence-electron chi connectivity index (χ4n) is 1.67. The van der Waals surface area contributed by atoms with Crippen LogP contribution < -0.4 is 4.90 Å². The summed E-state index contributed by atoms with van der Waals surface area (Å²) in [6.45, 7) is 5.46. The summed E-state index contributed by atoms with van der Waals surface area (Å²) in [6, 6.07) is 3.59. The Hall–Kier alpha value is -1.84. The molecule has 1 aromatic rings. The van der Waals surface area contributed by atoms with Gasteiger partial charge in [0.05, 0.1) is 5.92 Å². The predicted octanol–water partition coefficient (Wildman–Crippen LogP) is 2.16. The maximum Gasteiger partial charge on any atom is 0.242 e. The monoisotopic (exact) mass is 218 g/mol. The maximum absolute atomic E-state index is 11.9. The summed E-state index contributed by atoms with van der Waals surface area (Å²) >= 11 is 0. The number of nitrogens with zero attached hydrogens (tertiary/aromatic N) is 2. The Morgan fingerprint density at radius 2 is 2.06 bits per heavy atom. The molecular formula is C12H14N2O2. The maximum atomic E-state index is 11.9. The van der Waals surface area contributed by atoms with Gasteiger partial charge in [0.15, 0.2) is 5.88 Å². The molecule has 0 aromatic carbocycles. The number of pyridine rings is 1. The zero-order valence-electron chi connectivity index (χ0n) is 9.56. The van der Waals surface area contributed by atoms with Gasteiger partial charge in [0.25, 0.3) is 0 Å². The van der Waals surface area contributed by atoms with E-state index in [0.717, 1.165) is 5.56 Å². The van der Waals surface area contributed by atoms with E-state index in [1.54, 1.807) is 26.1 Å². The Morgan fingerprint density at radius 1 is 1.38 bits per heavy atom. The highest BCUT2D eigenvalue weighted by molar-refractivity contribution is 6.01. The molecule has 0 aliphatic carbocycles. The van der Waals surface area contributed by atoms with Crippen molar-refractivity contribution in [2.45, 2.75) is 20.8 Å². The molecular weight excluding hydrogens is 204 g/mol. The van der Waals surface area contributed by atoms with Crippen LogP contribution in [0, 0.1) is 12.8 Å². The fraction of sp³-hybridized carbons (Fsp3) is 0.333. The van der Waals surface area contributed by atoms with Crippen LogP contribution in [-0.4, -0.2) is 16.0 Å². The van der Waals surface area contributed by atoms with Gasteiger partial charge in [0, 0.05) is 6.20 Å². The van der Waals surface area contributed by atoms with Crippen molar-refractivity contribution in [1.29, 1.82) is 0 Å². The van der Waals surface area contributed by atoms with Crippen molar-refractivity contribution in [1.82, 2.24) is 4.98 Å². The number of carbonyl (C=O) groups excluding carboxylic acids is 1. The van der Waals surface area contributed by atoms with Crippen molar-refractivity contribution in [3.63, 3.8) is 0 Å². The first-order chi connectivity index (χ1) is 7.52. The minimum Gasteiger partial charge on any atom is -0.494 e. The smallest absolute Gasteiger partial charge is 0.242 e. The lowest BCUT2D eigenvalue weighted by Gasteiger charge is -2.15. The average molecular weight is 218 g/mol. The Labute approximate surface area is 94.2 Å². The van der Waals surface area contributed by atoms with E-state index in [1.165, 1.54) is 4.90 Å². The predicted molar refractivity (Wildman–Crippen MR) is 61.0 cm³/mol. The molecule has 16 heavy (non-hydrogen) atoms. The van der Waals surface area contributed by atoms with E-state index >= 15 is 0 Å². The minimum atomic E-state index is -0.275. The molecule has 0 saturated carbocycles. The molecule has 1 amide bonds. The van der Waals surface area contributed by atoms with Gasteiger partial charge in [0.2, 0.25) is 5.91 Å². The van der Waals surface area contributed by atoms with Crippen LogP contribution in [0.4, 0.5) is 5.82 Å². The highest BCUT2D eigenvalue weighted by atomic mass is 16.3. The molecule has 1 unspecified atom stereocenters. The number of aromatic nitrogens is 1. The summed E-state index contributed by atoms with van der Waals surface area (Å²) in [5, 5.41) is 9.87. The van der Waals surface area contributed by atoms with E-state index in [-0.39, 0.29) is 17.7 Å². The standard InChI is InChI=1S/C12H14N2O2/c1-7-4-5-10(13-6-7)14-11(15)8(2)9(3)12(14)16/h4-6,8,16H,1-3H3. The van der Waals surface area contributed by atoms with Crippen LogP contribution in [0.1, 0.15) is 19.4 Å². The third-order valence-corrected chi connectivity index (χ3v) is 2.93. The summed E-state index contributed by atoms with van der Waals surface area (Å²) in [6.07, 6.45) is 1.67. The third kappa shape index (κ3) is 1.46. The third-order valence-electron chi connectivity index (χ3n) is 2.93. The van der Waals surface area contributed by atoms with Crippen LogP contribution >= 0.6 is 0 Å². The first-order valence-corrected chi connectivity index (χ1v) is 5.18. The van der Waals surface area contributed by atoms with Crippen LogP contribution in [0.15, 0.2) is 29.8 Å². The molecule has 0 fully saturated rings. The Morgan fingerprint density at radius 3 is 2.50 bits per heavy atom. The molecule has 0 radical (unpaired) electrons. The summed E-state index contributed by atoms with van der Waals surface area (Å²) in [5.74, 6) is 0.0695. The zero-order valence-corrected chi connectivity index (χ0v) is 9.56. The number of hydrogen-bond acceptors (Lipinski definition) is 3. The molecule has 4 heteroatoms. The van der Waals surface area contributed by atoms with Gasteiger partial charge in [-0.15, -0.1) is 0 Å². The van der Waals surface area contributed by atoms with Gasteiger partial charge in [-0.05, 0) is 38.0 Å². The SMILES string of the molecule is CC1=C(O)N(c2ccc(C)cn2)C(=O)C1C. The minimum absolute atomic E-state index is 0.00820. The van der Waals surface area contributed by atoms with Crippen molar-refractivity contribution in [3.05, 3.63) is 35.3 Å². The summed E-state index contributed by atoms with van der Waals surface area (Å²) in [4.78, 5) is 17.3. The number of aliphatic hydroxyl groups excluding tert-OH is 1. The number of aryl methyl sites for hydroxylation is 1.